The number of pyridine rings is 1. The molecule has 5 heteroatoms. The summed E-state index contributed by atoms with van der Waals surface area (Å²) >= 11 is 6.13. The van der Waals surface area contributed by atoms with Crippen molar-refractivity contribution in [3.05, 3.63) is 58.9 Å². The molecule has 0 radical (unpaired) electrons. The smallest absolute Gasteiger partial charge is 0.270 e. The Morgan fingerprint density at radius 1 is 1.17 bits per heavy atom. The number of anilines is 1. The summed E-state index contributed by atoms with van der Waals surface area (Å²) < 4.78 is 0. The maximum atomic E-state index is 12.1. The Morgan fingerprint density at radius 2 is 1.96 bits per heavy atom. The molecule has 0 spiro atoms. The van der Waals surface area contributed by atoms with Gasteiger partial charge in [-0.15, -0.1) is 0 Å². The minimum Gasteiger partial charge on any atom is -0.380 e. The highest BCUT2D eigenvalue weighted by atomic mass is 35.5. The summed E-state index contributed by atoms with van der Waals surface area (Å²) in [5.74, 6) is -0.0884. The van der Waals surface area contributed by atoms with Crippen molar-refractivity contribution in [3.63, 3.8) is 0 Å². The van der Waals surface area contributed by atoms with E-state index in [0.717, 1.165) is 29.1 Å². The van der Waals surface area contributed by atoms with Crippen molar-refractivity contribution in [1.29, 1.82) is 0 Å². The van der Waals surface area contributed by atoms with E-state index in [-0.39, 0.29) is 5.91 Å². The van der Waals surface area contributed by atoms with Gasteiger partial charge in [0.1, 0.15) is 5.69 Å². The predicted octanol–water partition coefficient (Wildman–Crippen LogP) is 4.02. The SMILES string of the molecule is O=C(NC1CCCC1)c1ccc(NCc2ccccc2Cl)cn1. The molecule has 4 nitrogen and oxygen atoms in total. The van der Waals surface area contributed by atoms with E-state index in [4.69, 9.17) is 11.6 Å². The topological polar surface area (TPSA) is 54.0 Å². The molecule has 1 aliphatic carbocycles. The second kappa shape index (κ2) is 7.47. The van der Waals surface area contributed by atoms with E-state index in [2.05, 4.69) is 15.6 Å². The van der Waals surface area contributed by atoms with E-state index in [9.17, 15) is 4.79 Å². The number of amides is 1. The van der Waals surface area contributed by atoms with E-state index >= 15 is 0 Å². The molecular weight excluding hydrogens is 310 g/mol. The largest absolute Gasteiger partial charge is 0.380 e. The van der Waals surface area contributed by atoms with Gasteiger partial charge in [0.05, 0.1) is 11.9 Å². The average Bonchev–Trinajstić information content (AvgIpc) is 3.07. The molecule has 1 aromatic heterocycles. The highest BCUT2D eigenvalue weighted by molar-refractivity contribution is 6.31. The van der Waals surface area contributed by atoms with Crippen LogP contribution in [0.15, 0.2) is 42.6 Å². The first-order valence-corrected chi connectivity index (χ1v) is 8.34. The van der Waals surface area contributed by atoms with Crippen LogP contribution in [-0.2, 0) is 6.54 Å². The van der Waals surface area contributed by atoms with Gasteiger partial charge in [0.2, 0.25) is 0 Å². The number of nitrogens with zero attached hydrogens (tertiary/aromatic N) is 1. The zero-order chi connectivity index (χ0) is 16.1. The van der Waals surface area contributed by atoms with Crippen LogP contribution in [-0.4, -0.2) is 16.9 Å². The lowest BCUT2D eigenvalue weighted by Crippen LogP contribution is -2.33. The van der Waals surface area contributed by atoms with Crippen LogP contribution in [0.4, 0.5) is 5.69 Å². The Hall–Kier alpha value is -2.07. The van der Waals surface area contributed by atoms with Gasteiger partial charge in [-0.3, -0.25) is 4.79 Å². The monoisotopic (exact) mass is 329 g/mol. The third-order valence-corrected chi connectivity index (χ3v) is 4.50. The van der Waals surface area contributed by atoms with Crippen LogP contribution >= 0.6 is 11.6 Å². The summed E-state index contributed by atoms with van der Waals surface area (Å²) in [6, 6.07) is 11.6. The van der Waals surface area contributed by atoms with Gasteiger partial charge in [-0.1, -0.05) is 42.6 Å². The van der Waals surface area contributed by atoms with Crippen LogP contribution in [0.5, 0.6) is 0 Å². The molecule has 0 atom stereocenters. The summed E-state index contributed by atoms with van der Waals surface area (Å²) in [5, 5.41) is 7.04. The molecule has 1 aromatic carbocycles. The molecule has 0 aliphatic heterocycles. The van der Waals surface area contributed by atoms with Crippen molar-refractivity contribution in [2.75, 3.05) is 5.32 Å². The quantitative estimate of drug-likeness (QED) is 0.871. The number of hydrogen-bond acceptors (Lipinski definition) is 3. The number of benzene rings is 1. The lowest BCUT2D eigenvalue weighted by atomic mass is 10.2. The van der Waals surface area contributed by atoms with Gasteiger partial charge in [-0.25, -0.2) is 4.98 Å². The second-order valence-electron chi connectivity index (χ2n) is 5.83. The number of nitrogens with one attached hydrogen (secondary N) is 2. The number of rotatable bonds is 5. The molecule has 2 N–H and O–H groups in total. The van der Waals surface area contributed by atoms with Crippen LogP contribution in [0.2, 0.25) is 5.02 Å². The molecule has 2 aromatic rings. The first-order valence-electron chi connectivity index (χ1n) is 7.96. The lowest BCUT2D eigenvalue weighted by Gasteiger charge is -2.12. The number of hydrogen-bond donors (Lipinski definition) is 2. The standard InChI is InChI=1S/C18H20ClN3O/c19-16-8-4-1-5-13(16)11-20-15-9-10-17(21-12-15)18(23)22-14-6-2-3-7-14/h1,4-5,8-10,12,14,20H,2-3,6-7,11H2,(H,22,23). The zero-order valence-corrected chi connectivity index (χ0v) is 13.6. The number of carbonyl (C=O) groups excluding carboxylic acids is 1. The van der Waals surface area contributed by atoms with Gasteiger partial charge in [0.25, 0.3) is 5.91 Å². The average molecular weight is 330 g/mol. The first-order chi connectivity index (χ1) is 11.2. The molecule has 1 fully saturated rings. The summed E-state index contributed by atoms with van der Waals surface area (Å²) in [6.45, 7) is 0.620. The highest BCUT2D eigenvalue weighted by Gasteiger charge is 2.18. The maximum Gasteiger partial charge on any atom is 0.270 e. The predicted molar refractivity (Wildman–Crippen MR) is 92.7 cm³/mol. The Bertz CT molecular complexity index is 666. The van der Waals surface area contributed by atoms with Gasteiger partial charge in [-0.2, -0.15) is 0 Å². The second-order valence-corrected chi connectivity index (χ2v) is 6.24. The molecule has 1 heterocycles. The Kier molecular flexibility index (Phi) is 5.13. The van der Waals surface area contributed by atoms with Gasteiger partial charge in [0.15, 0.2) is 0 Å². The molecule has 3 rings (SSSR count). The molecular formula is C18H20ClN3O. The van der Waals surface area contributed by atoms with Crippen LogP contribution in [0.25, 0.3) is 0 Å². The van der Waals surface area contributed by atoms with Crippen LogP contribution in [0, 0.1) is 0 Å². The molecule has 1 amide bonds. The van der Waals surface area contributed by atoms with Crippen molar-refractivity contribution in [3.8, 4) is 0 Å². The van der Waals surface area contributed by atoms with Crippen LogP contribution in [0.1, 0.15) is 41.7 Å². The van der Waals surface area contributed by atoms with Crippen molar-refractivity contribution in [2.45, 2.75) is 38.3 Å². The molecule has 1 aliphatic rings. The van der Waals surface area contributed by atoms with E-state index in [1.54, 1.807) is 12.3 Å². The molecule has 120 valence electrons. The van der Waals surface area contributed by atoms with Crippen molar-refractivity contribution < 1.29 is 4.79 Å². The Balaban J connectivity index is 1.56. The molecule has 1 saturated carbocycles. The summed E-state index contributed by atoms with van der Waals surface area (Å²) in [4.78, 5) is 16.4. The molecule has 23 heavy (non-hydrogen) atoms. The van der Waals surface area contributed by atoms with Gasteiger partial charge in [-0.05, 0) is 36.6 Å². The fraction of sp³-hybridized carbons (Fsp3) is 0.333. The first kappa shape index (κ1) is 15.8. The Morgan fingerprint density at radius 3 is 2.65 bits per heavy atom. The number of halogens is 1. The highest BCUT2D eigenvalue weighted by Crippen LogP contribution is 2.19. The van der Waals surface area contributed by atoms with Crippen molar-refractivity contribution in [1.82, 2.24) is 10.3 Å². The number of aromatic nitrogens is 1. The van der Waals surface area contributed by atoms with Crippen molar-refractivity contribution >= 4 is 23.2 Å². The van der Waals surface area contributed by atoms with E-state index < -0.39 is 0 Å². The normalized spacial score (nSPS) is 14.7. The molecule has 0 saturated heterocycles. The van der Waals surface area contributed by atoms with Gasteiger partial charge >= 0.3 is 0 Å². The molecule has 0 bridgehead atoms. The summed E-state index contributed by atoms with van der Waals surface area (Å²) in [5.41, 5.74) is 2.35. The van der Waals surface area contributed by atoms with Gasteiger partial charge in [0, 0.05) is 17.6 Å². The van der Waals surface area contributed by atoms with Gasteiger partial charge < -0.3 is 10.6 Å². The van der Waals surface area contributed by atoms with E-state index in [1.165, 1.54) is 12.8 Å². The number of carbonyl (C=O) groups is 1. The van der Waals surface area contributed by atoms with Crippen LogP contribution in [0.3, 0.4) is 0 Å². The fourth-order valence-electron chi connectivity index (χ4n) is 2.80. The zero-order valence-electron chi connectivity index (χ0n) is 12.9. The van der Waals surface area contributed by atoms with E-state index in [1.807, 2.05) is 30.3 Å². The maximum absolute atomic E-state index is 12.1. The third kappa shape index (κ3) is 4.23. The minimum atomic E-state index is -0.0884. The summed E-state index contributed by atoms with van der Waals surface area (Å²) in [6.07, 6.45) is 6.22. The van der Waals surface area contributed by atoms with E-state index in [0.29, 0.717) is 18.3 Å². The lowest BCUT2D eigenvalue weighted by molar-refractivity contribution is 0.0933. The fourth-order valence-corrected chi connectivity index (χ4v) is 3.00. The Labute approximate surface area is 141 Å². The van der Waals surface area contributed by atoms with Crippen molar-refractivity contribution in [2.24, 2.45) is 0 Å². The molecule has 0 unspecified atom stereocenters. The third-order valence-electron chi connectivity index (χ3n) is 4.13. The summed E-state index contributed by atoms with van der Waals surface area (Å²) in [7, 11) is 0. The minimum absolute atomic E-state index is 0.0884. The van der Waals surface area contributed by atoms with Crippen LogP contribution < -0.4 is 10.6 Å².